The number of likely N-dealkylation sites (N-methyl/N-ethyl adjacent to an activating group) is 1. The summed E-state index contributed by atoms with van der Waals surface area (Å²) in [7, 11) is 6.31. The average Bonchev–Trinajstić information content (AvgIpc) is 2.89. The SMILES string of the molecule is CC1=C/C(=N\c2c(OCC[N+](C)(C)C)nn3ccccc23)C(N)=CC1=O. The number of allylic oxidation sites excluding steroid dienone is 3. The van der Waals surface area contributed by atoms with Crippen LogP contribution in [0.25, 0.3) is 5.52 Å². The number of nitrogens with zero attached hydrogens (tertiary/aromatic N) is 4. The van der Waals surface area contributed by atoms with Crippen LogP contribution in [0.2, 0.25) is 0 Å². The van der Waals surface area contributed by atoms with Crippen LogP contribution in [-0.2, 0) is 4.79 Å². The van der Waals surface area contributed by atoms with Gasteiger partial charge in [0, 0.05) is 12.3 Å². The van der Waals surface area contributed by atoms with Crippen molar-refractivity contribution in [2.75, 3.05) is 34.3 Å². The minimum absolute atomic E-state index is 0.0965. The number of aromatic nitrogens is 2. The van der Waals surface area contributed by atoms with Crippen LogP contribution in [-0.4, -0.2) is 59.9 Å². The molecule has 136 valence electrons. The summed E-state index contributed by atoms with van der Waals surface area (Å²) in [4.78, 5) is 16.4. The van der Waals surface area contributed by atoms with Crippen molar-refractivity contribution in [3.63, 3.8) is 0 Å². The van der Waals surface area contributed by atoms with Crippen molar-refractivity contribution in [3.8, 4) is 5.88 Å². The summed E-state index contributed by atoms with van der Waals surface area (Å²) in [6, 6.07) is 5.73. The normalized spacial score (nSPS) is 16.8. The number of hydrogen-bond donors (Lipinski definition) is 1. The number of quaternary nitrogens is 1. The van der Waals surface area contributed by atoms with Gasteiger partial charge >= 0.3 is 0 Å². The van der Waals surface area contributed by atoms with E-state index in [0.29, 0.717) is 35.2 Å². The molecule has 0 aliphatic heterocycles. The van der Waals surface area contributed by atoms with Crippen molar-refractivity contribution in [2.24, 2.45) is 10.7 Å². The predicted molar refractivity (Wildman–Crippen MR) is 102 cm³/mol. The van der Waals surface area contributed by atoms with Gasteiger partial charge in [-0.3, -0.25) is 4.79 Å². The highest BCUT2D eigenvalue weighted by Gasteiger charge is 2.19. The third-order valence-electron chi connectivity index (χ3n) is 4.04. The summed E-state index contributed by atoms with van der Waals surface area (Å²) >= 11 is 0. The van der Waals surface area contributed by atoms with E-state index in [-0.39, 0.29) is 5.78 Å². The smallest absolute Gasteiger partial charge is 0.260 e. The summed E-state index contributed by atoms with van der Waals surface area (Å²) in [6.45, 7) is 3.10. The summed E-state index contributed by atoms with van der Waals surface area (Å²) < 4.78 is 8.44. The molecule has 0 fully saturated rings. The number of carbonyl (C=O) groups excluding carboxylic acids is 1. The molecular weight excluding hydrogens is 330 g/mol. The number of nitrogens with two attached hydrogens (primary N) is 1. The largest absolute Gasteiger partial charge is 0.469 e. The number of hydrogen-bond acceptors (Lipinski definition) is 5. The second-order valence-electron chi connectivity index (χ2n) is 7.33. The molecule has 0 bridgehead atoms. The van der Waals surface area contributed by atoms with Gasteiger partial charge in [0.15, 0.2) is 11.5 Å². The van der Waals surface area contributed by atoms with E-state index in [0.717, 1.165) is 16.5 Å². The van der Waals surface area contributed by atoms with E-state index in [4.69, 9.17) is 10.5 Å². The summed E-state index contributed by atoms with van der Waals surface area (Å²) in [6.07, 6.45) is 4.94. The lowest BCUT2D eigenvalue weighted by atomic mass is 10.0. The molecule has 2 aromatic rings. The number of fused-ring (bicyclic) bond motifs is 1. The van der Waals surface area contributed by atoms with E-state index in [1.165, 1.54) is 6.08 Å². The molecule has 0 radical (unpaired) electrons. The van der Waals surface area contributed by atoms with Crippen LogP contribution in [0.5, 0.6) is 5.88 Å². The molecule has 2 heterocycles. The van der Waals surface area contributed by atoms with Gasteiger partial charge in [0.1, 0.15) is 13.2 Å². The standard InChI is InChI=1S/C19H23N5O2/c1-13-11-15(14(20)12-17(13)25)21-18-16-7-5-6-8-23(16)22-19(18)26-10-9-24(2,3)4/h5-8,11-12H,9-10H2,1-4H3,(H-,20,25)/p+1/b21-15+. The zero-order valence-electron chi connectivity index (χ0n) is 15.6. The van der Waals surface area contributed by atoms with Gasteiger partial charge in [0.05, 0.1) is 38.1 Å². The van der Waals surface area contributed by atoms with E-state index in [1.807, 2.05) is 24.4 Å². The third kappa shape index (κ3) is 3.83. The Labute approximate surface area is 152 Å². The number of ketones is 1. The van der Waals surface area contributed by atoms with E-state index >= 15 is 0 Å². The highest BCUT2D eigenvalue weighted by molar-refractivity contribution is 6.22. The fourth-order valence-electron chi connectivity index (χ4n) is 2.49. The first-order valence-corrected chi connectivity index (χ1v) is 8.44. The van der Waals surface area contributed by atoms with Crippen molar-refractivity contribution in [2.45, 2.75) is 6.92 Å². The molecule has 0 saturated carbocycles. The molecule has 3 rings (SSSR count). The molecule has 0 spiro atoms. The molecule has 7 heteroatoms. The first-order chi connectivity index (χ1) is 12.2. The first-order valence-electron chi connectivity index (χ1n) is 8.44. The minimum atomic E-state index is -0.0965. The van der Waals surface area contributed by atoms with Gasteiger partial charge < -0.3 is 15.0 Å². The third-order valence-corrected chi connectivity index (χ3v) is 4.04. The maximum absolute atomic E-state index is 11.7. The Morgan fingerprint density at radius 1 is 1.27 bits per heavy atom. The van der Waals surface area contributed by atoms with Crippen molar-refractivity contribution < 1.29 is 14.0 Å². The van der Waals surface area contributed by atoms with Crippen LogP contribution in [0.1, 0.15) is 6.92 Å². The zero-order chi connectivity index (χ0) is 18.9. The molecule has 1 aliphatic rings. The van der Waals surface area contributed by atoms with Crippen LogP contribution in [0, 0.1) is 0 Å². The molecule has 0 amide bonds. The molecule has 0 aromatic carbocycles. The molecule has 0 atom stereocenters. The van der Waals surface area contributed by atoms with Crippen LogP contribution in [0.3, 0.4) is 0 Å². The molecular formula is C19H24N5O2+. The van der Waals surface area contributed by atoms with Crippen LogP contribution in [0.4, 0.5) is 5.69 Å². The van der Waals surface area contributed by atoms with Crippen molar-refractivity contribution in [3.05, 3.63) is 47.8 Å². The van der Waals surface area contributed by atoms with Crippen LogP contribution in [0.15, 0.2) is 52.8 Å². The van der Waals surface area contributed by atoms with Crippen molar-refractivity contribution >= 4 is 22.7 Å². The van der Waals surface area contributed by atoms with Gasteiger partial charge in [0.2, 0.25) is 0 Å². The maximum Gasteiger partial charge on any atom is 0.260 e. The second-order valence-corrected chi connectivity index (χ2v) is 7.33. The number of ether oxygens (including phenoxy) is 1. The Hall–Kier alpha value is -2.93. The van der Waals surface area contributed by atoms with Gasteiger partial charge in [-0.05, 0) is 30.7 Å². The Kier molecular flexibility index (Phi) is 4.65. The lowest BCUT2D eigenvalue weighted by Crippen LogP contribution is -2.38. The molecule has 2 N–H and O–H groups in total. The summed E-state index contributed by atoms with van der Waals surface area (Å²) in [5, 5.41) is 4.49. The molecule has 2 aromatic heterocycles. The van der Waals surface area contributed by atoms with E-state index in [2.05, 4.69) is 31.2 Å². The van der Waals surface area contributed by atoms with E-state index in [9.17, 15) is 4.79 Å². The topological polar surface area (TPSA) is 82.0 Å². The number of rotatable bonds is 5. The van der Waals surface area contributed by atoms with E-state index in [1.54, 1.807) is 17.5 Å². The van der Waals surface area contributed by atoms with Gasteiger partial charge in [0.25, 0.3) is 5.88 Å². The van der Waals surface area contributed by atoms with Gasteiger partial charge in [-0.15, -0.1) is 5.10 Å². The number of aliphatic imine (C=N–C) groups is 1. The van der Waals surface area contributed by atoms with Gasteiger partial charge in [-0.1, -0.05) is 6.07 Å². The average molecular weight is 354 g/mol. The Morgan fingerprint density at radius 2 is 2.04 bits per heavy atom. The zero-order valence-corrected chi connectivity index (χ0v) is 15.6. The van der Waals surface area contributed by atoms with Crippen LogP contribution < -0.4 is 10.5 Å². The van der Waals surface area contributed by atoms with Gasteiger partial charge in [-0.25, -0.2) is 9.51 Å². The monoisotopic (exact) mass is 354 g/mol. The Bertz CT molecular complexity index is 944. The Morgan fingerprint density at radius 3 is 2.77 bits per heavy atom. The highest BCUT2D eigenvalue weighted by Crippen LogP contribution is 2.32. The molecule has 7 nitrogen and oxygen atoms in total. The van der Waals surface area contributed by atoms with Crippen molar-refractivity contribution in [1.82, 2.24) is 9.61 Å². The Balaban J connectivity index is 2.01. The molecule has 1 aliphatic carbocycles. The summed E-state index contributed by atoms with van der Waals surface area (Å²) in [5.74, 6) is 0.355. The molecule has 26 heavy (non-hydrogen) atoms. The fourth-order valence-corrected chi connectivity index (χ4v) is 2.49. The maximum atomic E-state index is 11.7. The minimum Gasteiger partial charge on any atom is -0.469 e. The van der Waals surface area contributed by atoms with Crippen molar-refractivity contribution in [1.29, 1.82) is 0 Å². The van der Waals surface area contributed by atoms with Gasteiger partial charge in [-0.2, -0.15) is 0 Å². The summed E-state index contributed by atoms with van der Waals surface area (Å²) in [5.41, 5.74) is 8.90. The lowest BCUT2D eigenvalue weighted by Gasteiger charge is -2.23. The predicted octanol–water partition coefficient (Wildman–Crippen LogP) is 1.86. The lowest BCUT2D eigenvalue weighted by molar-refractivity contribution is -0.870. The second kappa shape index (κ2) is 6.76. The number of pyridine rings is 1. The first kappa shape index (κ1) is 17.9. The highest BCUT2D eigenvalue weighted by atomic mass is 16.5. The number of carbonyl (C=O) groups is 1. The molecule has 0 unspecified atom stereocenters. The van der Waals surface area contributed by atoms with E-state index < -0.39 is 0 Å². The fraction of sp³-hybridized carbons (Fsp3) is 0.316. The van der Waals surface area contributed by atoms with Crippen LogP contribution >= 0.6 is 0 Å². The molecule has 0 saturated heterocycles. The quantitative estimate of drug-likeness (QED) is 0.656.